The molecule has 0 aliphatic rings. The Balaban J connectivity index is 3.11. The van der Waals surface area contributed by atoms with Crippen LogP contribution in [0.15, 0.2) is 18.2 Å². The zero-order chi connectivity index (χ0) is 13.7. The van der Waals surface area contributed by atoms with Gasteiger partial charge in [0, 0.05) is 0 Å². The van der Waals surface area contributed by atoms with E-state index in [1.165, 1.54) is 12.0 Å². The van der Waals surface area contributed by atoms with Crippen molar-refractivity contribution in [2.45, 2.75) is 0 Å². The first-order valence-electron chi connectivity index (χ1n) is 5.19. The third-order valence-corrected chi connectivity index (χ3v) is 2.30. The molecule has 6 N–H and O–H groups in total. The van der Waals surface area contributed by atoms with E-state index in [0.29, 0.717) is 17.1 Å². The molecule has 1 rings (SSSR count). The van der Waals surface area contributed by atoms with Crippen LogP contribution in [0.1, 0.15) is 0 Å². The lowest BCUT2D eigenvalue weighted by molar-refractivity contribution is -0.117. The first kappa shape index (κ1) is 13.6. The number of nitrogens with two attached hydrogens (primary N) is 3. The van der Waals surface area contributed by atoms with Gasteiger partial charge in [0.05, 0.1) is 31.6 Å². The predicted octanol–water partition coefficient (Wildman–Crippen LogP) is -0.946. The Hall–Kier alpha value is -2.44. The lowest BCUT2D eigenvalue weighted by atomic mass is 10.2. The Kier molecular flexibility index (Phi) is 4.36. The number of rotatable bonds is 6. The van der Waals surface area contributed by atoms with Gasteiger partial charge in [0.15, 0.2) is 0 Å². The van der Waals surface area contributed by atoms with Gasteiger partial charge in [-0.1, -0.05) is 6.07 Å². The van der Waals surface area contributed by atoms with E-state index < -0.39 is 11.8 Å². The first-order valence-corrected chi connectivity index (χ1v) is 5.19. The molecule has 2 amide bonds. The number of para-hydroxylation sites is 1. The number of hydrogen-bond acceptors (Lipinski definition) is 5. The smallest absolute Gasteiger partial charge is 0.236 e. The molecule has 98 valence electrons. The molecule has 7 nitrogen and oxygen atoms in total. The molecular weight excluding hydrogens is 236 g/mol. The molecule has 0 saturated carbocycles. The van der Waals surface area contributed by atoms with Gasteiger partial charge in [0.1, 0.15) is 5.75 Å². The topological polar surface area (TPSA) is 125 Å². The summed E-state index contributed by atoms with van der Waals surface area (Å²) >= 11 is 0. The van der Waals surface area contributed by atoms with Crippen LogP contribution in [0, 0.1) is 0 Å². The largest absolute Gasteiger partial charge is 0.495 e. The highest BCUT2D eigenvalue weighted by atomic mass is 16.5. The number of carbonyl (C=O) groups excluding carboxylic acids is 2. The summed E-state index contributed by atoms with van der Waals surface area (Å²) in [6, 6.07) is 5.02. The van der Waals surface area contributed by atoms with E-state index in [0.717, 1.165) is 0 Å². The number of carbonyl (C=O) groups is 2. The third-order valence-electron chi connectivity index (χ3n) is 2.30. The second-order valence-electron chi connectivity index (χ2n) is 3.68. The monoisotopic (exact) mass is 252 g/mol. The lowest BCUT2D eigenvalue weighted by Crippen LogP contribution is -2.40. The Morgan fingerprint density at radius 3 is 2.22 bits per heavy atom. The van der Waals surface area contributed by atoms with Gasteiger partial charge in [0.25, 0.3) is 0 Å². The summed E-state index contributed by atoms with van der Waals surface area (Å²) in [4.78, 5) is 23.4. The molecule has 0 atom stereocenters. The van der Waals surface area contributed by atoms with E-state index in [9.17, 15) is 9.59 Å². The molecule has 0 saturated heterocycles. The maximum absolute atomic E-state index is 11.0. The summed E-state index contributed by atoms with van der Waals surface area (Å²) in [6.07, 6.45) is 0. The van der Waals surface area contributed by atoms with E-state index in [1.807, 2.05) is 0 Å². The van der Waals surface area contributed by atoms with Gasteiger partial charge in [-0.2, -0.15) is 0 Å². The average molecular weight is 252 g/mol. The molecule has 0 bridgehead atoms. The number of methoxy groups -OCH3 is 1. The average Bonchev–Trinajstić information content (AvgIpc) is 2.27. The van der Waals surface area contributed by atoms with Crippen molar-refractivity contribution in [1.29, 1.82) is 0 Å². The van der Waals surface area contributed by atoms with Crippen LogP contribution in [0.5, 0.6) is 5.75 Å². The zero-order valence-electron chi connectivity index (χ0n) is 10.1. The number of hydrogen-bond donors (Lipinski definition) is 3. The van der Waals surface area contributed by atoms with Crippen LogP contribution in [-0.2, 0) is 9.59 Å². The fraction of sp³-hybridized carbons (Fsp3) is 0.273. The second-order valence-corrected chi connectivity index (χ2v) is 3.68. The lowest BCUT2D eigenvalue weighted by Gasteiger charge is -2.24. The molecule has 1 aromatic carbocycles. The first-order chi connectivity index (χ1) is 8.45. The van der Waals surface area contributed by atoms with Crippen LogP contribution in [0.4, 0.5) is 11.4 Å². The van der Waals surface area contributed by atoms with Gasteiger partial charge in [-0.3, -0.25) is 9.59 Å². The molecule has 0 spiro atoms. The van der Waals surface area contributed by atoms with Crippen LogP contribution in [0.3, 0.4) is 0 Å². The fourth-order valence-electron chi connectivity index (χ4n) is 1.59. The van der Waals surface area contributed by atoms with Crippen molar-refractivity contribution in [3.63, 3.8) is 0 Å². The number of nitrogens with zero attached hydrogens (tertiary/aromatic N) is 1. The normalized spacial score (nSPS) is 9.83. The van der Waals surface area contributed by atoms with Crippen LogP contribution < -0.4 is 26.8 Å². The number of amides is 2. The molecule has 0 aromatic heterocycles. The fourth-order valence-corrected chi connectivity index (χ4v) is 1.59. The van der Waals surface area contributed by atoms with Crippen LogP contribution in [0.25, 0.3) is 0 Å². The Morgan fingerprint density at radius 2 is 1.78 bits per heavy atom. The highest BCUT2D eigenvalue weighted by molar-refractivity contribution is 5.87. The highest BCUT2D eigenvalue weighted by Crippen LogP contribution is 2.31. The summed E-state index contributed by atoms with van der Waals surface area (Å²) in [5.74, 6) is -0.719. The van der Waals surface area contributed by atoms with Crippen molar-refractivity contribution < 1.29 is 14.3 Å². The van der Waals surface area contributed by atoms with Crippen molar-refractivity contribution in [3.8, 4) is 5.75 Å². The van der Waals surface area contributed by atoms with Crippen LogP contribution in [0.2, 0.25) is 0 Å². The minimum atomic E-state index is -0.585. The number of nitrogen functional groups attached to an aromatic ring is 1. The summed E-state index contributed by atoms with van der Waals surface area (Å²) in [7, 11) is 1.47. The quantitative estimate of drug-likeness (QED) is 0.563. The maximum atomic E-state index is 11.0. The van der Waals surface area contributed by atoms with Crippen molar-refractivity contribution in [3.05, 3.63) is 18.2 Å². The molecule has 0 radical (unpaired) electrons. The molecule has 0 fully saturated rings. The minimum absolute atomic E-state index is 0.152. The zero-order valence-corrected chi connectivity index (χ0v) is 10.1. The van der Waals surface area contributed by atoms with Gasteiger partial charge in [-0.05, 0) is 12.1 Å². The van der Waals surface area contributed by atoms with Gasteiger partial charge in [-0.25, -0.2) is 0 Å². The van der Waals surface area contributed by atoms with Crippen LogP contribution in [-0.4, -0.2) is 32.0 Å². The van der Waals surface area contributed by atoms with Gasteiger partial charge in [0.2, 0.25) is 11.8 Å². The molecule has 18 heavy (non-hydrogen) atoms. The molecule has 1 aromatic rings. The van der Waals surface area contributed by atoms with Crippen molar-refractivity contribution in [1.82, 2.24) is 0 Å². The van der Waals surface area contributed by atoms with E-state index >= 15 is 0 Å². The van der Waals surface area contributed by atoms with Crippen molar-refractivity contribution in [2.75, 3.05) is 30.8 Å². The van der Waals surface area contributed by atoms with Crippen LogP contribution >= 0.6 is 0 Å². The van der Waals surface area contributed by atoms with E-state index in [2.05, 4.69) is 0 Å². The predicted molar refractivity (Wildman–Crippen MR) is 68.0 cm³/mol. The molecular formula is C11H16N4O3. The van der Waals surface area contributed by atoms with E-state index in [-0.39, 0.29) is 13.1 Å². The molecule has 0 aliphatic heterocycles. The molecule has 0 unspecified atom stereocenters. The number of ether oxygens (including phenoxy) is 1. The number of benzene rings is 1. The minimum Gasteiger partial charge on any atom is -0.495 e. The standard InChI is InChI=1S/C11H16N4O3/c1-18-8-4-2-3-7(11(8)14)15(5-9(12)16)6-10(13)17/h2-4H,5-6,14H2,1H3,(H2,12,16)(H2,13,17). The third kappa shape index (κ3) is 3.27. The summed E-state index contributed by atoms with van der Waals surface area (Å²) in [5.41, 5.74) is 16.9. The molecule has 7 heteroatoms. The van der Waals surface area contributed by atoms with Gasteiger partial charge >= 0.3 is 0 Å². The highest BCUT2D eigenvalue weighted by Gasteiger charge is 2.16. The number of primary amides is 2. The van der Waals surface area contributed by atoms with E-state index in [1.54, 1.807) is 18.2 Å². The maximum Gasteiger partial charge on any atom is 0.236 e. The number of anilines is 2. The summed E-state index contributed by atoms with van der Waals surface area (Å²) in [5, 5.41) is 0. The molecule has 0 heterocycles. The Bertz CT molecular complexity index is 446. The Labute approximate surface area is 104 Å². The summed E-state index contributed by atoms with van der Waals surface area (Å²) < 4.78 is 5.06. The SMILES string of the molecule is COc1cccc(N(CC(N)=O)CC(N)=O)c1N. The summed E-state index contributed by atoms with van der Waals surface area (Å²) in [6.45, 7) is -0.305. The van der Waals surface area contributed by atoms with Gasteiger partial charge in [-0.15, -0.1) is 0 Å². The molecule has 0 aliphatic carbocycles. The Morgan fingerprint density at radius 1 is 1.22 bits per heavy atom. The second kappa shape index (κ2) is 5.76. The van der Waals surface area contributed by atoms with Crippen molar-refractivity contribution >= 4 is 23.2 Å². The van der Waals surface area contributed by atoms with E-state index in [4.69, 9.17) is 21.9 Å². The van der Waals surface area contributed by atoms with Crippen molar-refractivity contribution in [2.24, 2.45) is 11.5 Å². The van der Waals surface area contributed by atoms with Gasteiger partial charge < -0.3 is 26.8 Å².